The van der Waals surface area contributed by atoms with E-state index in [-0.39, 0.29) is 6.10 Å². The molecule has 1 fully saturated rings. The summed E-state index contributed by atoms with van der Waals surface area (Å²) in [5.41, 5.74) is 0. The molecule has 0 amide bonds. The predicted octanol–water partition coefficient (Wildman–Crippen LogP) is 1.12. The van der Waals surface area contributed by atoms with Gasteiger partial charge in [0.2, 0.25) is 6.79 Å². The second-order valence-electron chi connectivity index (χ2n) is 2.76. The fraction of sp³-hybridized carbons (Fsp3) is 0.750. The van der Waals surface area contributed by atoms with Crippen molar-refractivity contribution in [2.75, 3.05) is 6.79 Å². The maximum absolute atomic E-state index is 10.8. The van der Waals surface area contributed by atoms with Crippen molar-refractivity contribution in [3.63, 3.8) is 0 Å². The minimum Gasteiger partial charge on any atom is -0.431 e. The lowest BCUT2D eigenvalue weighted by Crippen LogP contribution is -2.16. The molecule has 1 radical (unpaired) electrons. The third-order valence-corrected chi connectivity index (χ3v) is 1.86. The van der Waals surface area contributed by atoms with Crippen LogP contribution < -0.4 is 0 Å². The van der Waals surface area contributed by atoms with Gasteiger partial charge in [-0.1, -0.05) is 0 Å². The predicted molar refractivity (Wildman–Crippen MR) is 41.5 cm³/mol. The molecule has 0 N–H and O–H groups in total. The lowest BCUT2D eigenvalue weighted by Gasteiger charge is -2.09. The Morgan fingerprint density at radius 3 is 2.69 bits per heavy atom. The summed E-state index contributed by atoms with van der Waals surface area (Å²) >= 11 is 0. The van der Waals surface area contributed by atoms with Gasteiger partial charge < -0.3 is 14.2 Å². The summed E-state index contributed by atoms with van der Waals surface area (Å²) in [7, 11) is 0. The Morgan fingerprint density at radius 1 is 1.38 bits per heavy atom. The highest BCUT2D eigenvalue weighted by Crippen LogP contribution is 2.21. The standard InChI is InChI=1S/C8H11O5/c9-5-11-6-12-8(10)13-7-3-1-2-4-7/h7H,1-4,6H2. The maximum atomic E-state index is 10.8. The molecule has 1 aliphatic rings. The average Bonchev–Trinajstić information content (AvgIpc) is 2.57. The Hall–Kier alpha value is -1.26. The molecule has 0 saturated heterocycles. The van der Waals surface area contributed by atoms with Gasteiger partial charge in [-0.3, -0.25) is 0 Å². The third kappa shape index (κ3) is 3.78. The molecule has 0 aromatic carbocycles. The molecule has 0 spiro atoms. The van der Waals surface area contributed by atoms with E-state index in [0.717, 1.165) is 32.2 Å². The molecule has 13 heavy (non-hydrogen) atoms. The second-order valence-corrected chi connectivity index (χ2v) is 2.76. The van der Waals surface area contributed by atoms with Crippen molar-refractivity contribution >= 4 is 12.6 Å². The van der Waals surface area contributed by atoms with Crippen molar-refractivity contribution in [1.82, 2.24) is 0 Å². The van der Waals surface area contributed by atoms with Gasteiger partial charge in [-0.15, -0.1) is 0 Å². The fourth-order valence-electron chi connectivity index (χ4n) is 1.28. The van der Waals surface area contributed by atoms with Gasteiger partial charge in [0.15, 0.2) is 0 Å². The average molecular weight is 187 g/mol. The number of hydrogen-bond acceptors (Lipinski definition) is 5. The van der Waals surface area contributed by atoms with Crippen LogP contribution in [0.5, 0.6) is 0 Å². The summed E-state index contributed by atoms with van der Waals surface area (Å²) in [6.07, 6.45) is 3.11. The van der Waals surface area contributed by atoms with Crippen molar-refractivity contribution in [1.29, 1.82) is 0 Å². The van der Waals surface area contributed by atoms with Crippen LogP contribution in [0.2, 0.25) is 0 Å². The van der Waals surface area contributed by atoms with Gasteiger partial charge in [-0.2, -0.15) is 0 Å². The highest BCUT2D eigenvalue weighted by molar-refractivity contribution is 5.60. The van der Waals surface area contributed by atoms with E-state index in [1.807, 2.05) is 0 Å². The molecule has 0 aliphatic heterocycles. The number of rotatable bonds is 4. The number of hydrogen-bond donors (Lipinski definition) is 0. The molecule has 1 rings (SSSR count). The third-order valence-electron chi connectivity index (χ3n) is 1.86. The lowest BCUT2D eigenvalue weighted by atomic mass is 10.3. The van der Waals surface area contributed by atoms with Crippen LogP contribution in [-0.4, -0.2) is 25.5 Å². The van der Waals surface area contributed by atoms with E-state index in [4.69, 9.17) is 4.74 Å². The summed E-state index contributed by atoms with van der Waals surface area (Å²) in [5.74, 6) is 0. The Balaban J connectivity index is 2.05. The van der Waals surface area contributed by atoms with Gasteiger partial charge in [0, 0.05) is 0 Å². The molecule has 5 heteroatoms. The molecular formula is C8H11O5. The molecule has 5 nitrogen and oxygen atoms in total. The van der Waals surface area contributed by atoms with Gasteiger partial charge in [0.1, 0.15) is 6.10 Å². The first-order chi connectivity index (χ1) is 6.33. The van der Waals surface area contributed by atoms with Gasteiger partial charge in [0.25, 0.3) is 0 Å². The fourth-order valence-corrected chi connectivity index (χ4v) is 1.28. The molecule has 73 valence electrons. The molecule has 0 unspecified atom stereocenters. The van der Waals surface area contributed by atoms with E-state index in [2.05, 4.69) is 9.47 Å². The summed E-state index contributed by atoms with van der Waals surface area (Å²) < 4.78 is 13.3. The maximum Gasteiger partial charge on any atom is 0.511 e. The van der Waals surface area contributed by atoms with Crippen LogP contribution in [0, 0.1) is 0 Å². The SMILES string of the molecule is O=[C]OCOC(=O)OC1CCCC1. The molecule has 0 aromatic heterocycles. The lowest BCUT2D eigenvalue weighted by molar-refractivity contribution is -0.0181. The van der Waals surface area contributed by atoms with Crippen LogP contribution in [0.25, 0.3) is 0 Å². The Kier molecular flexibility index (Phi) is 4.08. The van der Waals surface area contributed by atoms with Crippen LogP contribution in [0.15, 0.2) is 0 Å². The summed E-state index contributed by atoms with van der Waals surface area (Å²) in [6, 6.07) is 0. The monoisotopic (exact) mass is 187 g/mol. The molecule has 0 aromatic rings. The molecule has 0 bridgehead atoms. The summed E-state index contributed by atoms with van der Waals surface area (Å²) in [6.45, 7) is 0.698. The van der Waals surface area contributed by atoms with Crippen LogP contribution >= 0.6 is 0 Å². The zero-order valence-corrected chi connectivity index (χ0v) is 7.15. The largest absolute Gasteiger partial charge is 0.511 e. The normalized spacial score (nSPS) is 16.6. The molecule has 1 saturated carbocycles. The van der Waals surface area contributed by atoms with Gasteiger partial charge >= 0.3 is 12.6 Å². The van der Waals surface area contributed by atoms with Gasteiger partial charge in [-0.25, -0.2) is 9.59 Å². The first kappa shape index (κ1) is 9.83. The zero-order chi connectivity index (χ0) is 9.52. The topological polar surface area (TPSA) is 61.8 Å². The molecule has 0 heterocycles. The van der Waals surface area contributed by atoms with Crippen molar-refractivity contribution in [3.05, 3.63) is 0 Å². The van der Waals surface area contributed by atoms with E-state index in [0.29, 0.717) is 0 Å². The van der Waals surface area contributed by atoms with Crippen LogP contribution in [0.1, 0.15) is 25.7 Å². The first-order valence-electron chi connectivity index (χ1n) is 4.15. The van der Waals surface area contributed by atoms with Gasteiger partial charge in [-0.05, 0) is 25.7 Å². The second kappa shape index (κ2) is 5.40. The van der Waals surface area contributed by atoms with Crippen molar-refractivity contribution in [2.45, 2.75) is 31.8 Å². The number of carbonyl (C=O) groups excluding carboxylic acids is 2. The first-order valence-corrected chi connectivity index (χ1v) is 4.15. The Bertz CT molecular complexity index is 173. The quantitative estimate of drug-likeness (QED) is 0.375. The van der Waals surface area contributed by atoms with Crippen molar-refractivity contribution in [2.24, 2.45) is 0 Å². The van der Waals surface area contributed by atoms with E-state index in [1.54, 1.807) is 0 Å². The van der Waals surface area contributed by atoms with Crippen molar-refractivity contribution in [3.8, 4) is 0 Å². The highest BCUT2D eigenvalue weighted by Gasteiger charge is 2.19. The molecule has 0 atom stereocenters. The Labute approximate surface area is 76.0 Å². The van der Waals surface area contributed by atoms with E-state index >= 15 is 0 Å². The van der Waals surface area contributed by atoms with Gasteiger partial charge in [0.05, 0.1) is 0 Å². The molecular weight excluding hydrogens is 176 g/mol. The van der Waals surface area contributed by atoms with Crippen LogP contribution in [0.4, 0.5) is 4.79 Å². The smallest absolute Gasteiger partial charge is 0.431 e. The minimum absolute atomic E-state index is 0.0345. The van der Waals surface area contributed by atoms with Crippen molar-refractivity contribution < 1.29 is 23.8 Å². The van der Waals surface area contributed by atoms with Crippen LogP contribution in [-0.2, 0) is 19.0 Å². The van der Waals surface area contributed by atoms with E-state index in [9.17, 15) is 9.59 Å². The van der Waals surface area contributed by atoms with E-state index < -0.39 is 12.9 Å². The number of carbonyl (C=O) groups is 1. The summed E-state index contributed by atoms with van der Waals surface area (Å²) in [4.78, 5) is 20.4. The highest BCUT2D eigenvalue weighted by atomic mass is 16.8. The molecule has 1 aliphatic carbocycles. The number of ether oxygens (including phenoxy) is 3. The summed E-state index contributed by atoms with van der Waals surface area (Å²) in [5, 5.41) is 0. The van der Waals surface area contributed by atoms with Crippen LogP contribution in [0.3, 0.4) is 0 Å². The van der Waals surface area contributed by atoms with E-state index in [1.165, 1.54) is 0 Å². The Morgan fingerprint density at radius 2 is 2.08 bits per heavy atom. The minimum atomic E-state index is -0.790. The zero-order valence-electron chi connectivity index (χ0n) is 7.15.